The zero-order chi connectivity index (χ0) is 26.5. The van der Waals surface area contributed by atoms with Crippen molar-refractivity contribution in [3.05, 3.63) is 71.9 Å². The molecule has 1 N–H and O–H groups in total. The number of hydrogen-bond donors (Lipinski definition) is 1. The molecule has 0 bridgehead atoms. The van der Waals surface area contributed by atoms with Crippen LogP contribution in [0.25, 0.3) is 28.0 Å². The molecule has 0 saturated carbocycles. The third-order valence-corrected chi connectivity index (χ3v) is 5.68. The van der Waals surface area contributed by atoms with Crippen molar-refractivity contribution < 1.29 is 27.1 Å². The summed E-state index contributed by atoms with van der Waals surface area (Å²) in [6, 6.07) is 9.69. The zero-order valence-corrected chi connectivity index (χ0v) is 19.2. The molecule has 0 aliphatic carbocycles. The molecule has 0 fully saturated rings. The second-order valence-corrected chi connectivity index (χ2v) is 8.13. The maximum Gasteiger partial charge on any atom is 0.419 e. The fourth-order valence-corrected chi connectivity index (χ4v) is 3.87. The van der Waals surface area contributed by atoms with Gasteiger partial charge in [-0.15, -0.1) is 10.2 Å². The Morgan fingerprint density at radius 3 is 2.51 bits per heavy atom. The standard InChI is InChI=1S/C23H17F5N8O/c1-34(10-16-32-30-11-36(16)12-6-4-3-5-7-12)22-29-9-14-19(33-35(2)21(14)31-22)13-8-15(23(26,27)28)18(25)20(37)17(13)24/h3-9,11,37H,10H2,1-2H3. The number of aromatic nitrogens is 7. The molecular formula is C23H17F5N8O. The molecule has 3 heterocycles. The number of aryl methyl sites for hydroxylation is 1. The predicted octanol–water partition coefficient (Wildman–Crippen LogP) is 4.25. The lowest BCUT2D eigenvalue weighted by Gasteiger charge is -2.17. The first kappa shape index (κ1) is 24.1. The lowest BCUT2D eigenvalue weighted by molar-refractivity contribution is -0.140. The number of hydrogen-bond acceptors (Lipinski definition) is 7. The minimum atomic E-state index is -5.17. The van der Waals surface area contributed by atoms with Gasteiger partial charge in [0.05, 0.1) is 17.5 Å². The van der Waals surface area contributed by atoms with Gasteiger partial charge in [-0.25, -0.2) is 18.4 Å². The minimum absolute atomic E-state index is 0.102. The van der Waals surface area contributed by atoms with Gasteiger partial charge in [0.1, 0.15) is 12.0 Å². The zero-order valence-electron chi connectivity index (χ0n) is 19.2. The third kappa shape index (κ3) is 4.19. The summed E-state index contributed by atoms with van der Waals surface area (Å²) in [5, 5.41) is 22.0. The van der Waals surface area contributed by atoms with Crippen LogP contribution in [0.3, 0.4) is 0 Å². The molecule has 0 radical (unpaired) electrons. The van der Waals surface area contributed by atoms with E-state index < -0.39 is 34.7 Å². The van der Waals surface area contributed by atoms with Crippen LogP contribution >= 0.6 is 0 Å². The Balaban J connectivity index is 1.52. The average Bonchev–Trinajstić information content (AvgIpc) is 3.46. The second kappa shape index (κ2) is 8.80. The summed E-state index contributed by atoms with van der Waals surface area (Å²) in [4.78, 5) is 10.3. The topological polar surface area (TPSA) is 97.8 Å². The Labute approximate surface area is 205 Å². The maximum atomic E-state index is 14.7. The molecule has 9 nitrogen and oxygen atoms in total. The van der Waals surface area contributed by atoms with Crippen molar-refractivity contribution in [3.63, 3.8) is 0 Å². The van der Waals surface area contributed by atoms with E-state index in [2.05, 4.69) is 25.3 Å². The summed E-state index contributed by atoms with van der Waals surface area (Å²) in [7, 11) is 3.16. The van der Waals surface area contributed by atoms with Gasteiger partial charge < -0.3 is 10.0 Å². The molecule has 0 amide bonds. The van der Waals surface area contributed by atoms with Gasteiger partial charge in [0, 0.05) is 31.5 Å². The number of aromatic hydroxyl groups is 1. The van der Waals surface area contributed by atoms with E-state index in [1.807, 2.05) is 30.3 Å². The fraction of sp³-hybridized carbons (Fsp3) is 0.174. The quantitative estimate of drug-likeness (QED) is 0.349. The number of benzene rings is 2. The largest absolute Gasteiger partial charge is 0.503 e. The molecule has 0 unspecified atom stereocenters. The molecule has 0 atom stereocenters. The summed E-state index contributed by atoms with van der Waals surface area (Å²) < 4.78 is 71.4. The average molecular weight is 516 g/mol. The van der Waals surface area contributed by atoms with E-state index in [0.29, 0.717) is 5.82 Å². The molecule has 37 heavy (non-hydrogen) atoms. The van der Waals surface area contributed by atoms with Crippen LogP contribution in [-0.2, 0) is 19.8 Å². The Kier molecular flexibility index (Phi) is 5.73. The highest BCUT2D eigenvalue weighted by atomic mass is 19.4. The van der Waals surface area contributed by atoms with Crippen LogP contribution in [0.15, 0.2) is 48.9 Å². The maximum absolute atomic E-state index is 14.7. The van der Waals surface area contributed by atoms with Crippen LogP contribution < -0.4 is 4.90 Å². The van der Waals surface area contributed by atoms with Crippen LogP contribution in [0.1, 0.15) is 11.4 Å². The first-order chi connectivity index (χ1) is 17.6. The van der Waals surface area contributed by atoms with E-state index in [-0.39, 0.29) is 35.3 Å². The molecule has 0 saturated heterocycles. The number of para-hydroxylation sites is 1. The minimum Gasteiger partial charge on any atom is -0.503 e. The Bertz CT molecular complexity index is 1610. The van der Waals surface area contributed by atoms with E-state index >= 15 is 0 Å². The Hall–Kier alpha value is -4.62. The summed E-state index contributed by atoms with van der Waals surface area (Å²) >= 11 is 0. The smallest absolute Gasteiger partial charge is 0.419 e. The number of anilines is 1. The van der Waals surface area contributed by atoms with Crippen molar-refractivity contribution in [1.29, 1.82) is 0 Å². The van der Waals surface area contributed by atoms with Crippen LogP contribution in [0.4, 0.5) is 27.9 Å². The second-order valence-electron chi connectivity index (χ2n) is 8.13. The van der Waals surface area contributed by atoms with Gasteiger partial charge in [-0.05, 0) is 18.2 Å². The summed E-state index contributed by atoms with van der Waals surface area (Å²) in [5.41, 5.74) is -1.81. The van der Waals surface area contributed by atoms with Gasteiger partial charge in [0.25, 0.3) is 0 Å². The predicted molar refractivity (Wildman–Crippen MR) is 122 cm³/mol. The van der Waals surface area contributed by atoms with E-state index in [4.69, 9.17) is 0 Å². The molecule has 3 aromatic heterocycles. The monoisotopic (exact) mass is 516 g/mol. The molecule has 14 heteroatoms. The molecule has 2 aromatic carbocycles. The molecule has 0 aliphatic heterocycles. The van der Waals surface area contributed by atoms with Crippen molar-refractivity contribution in [2.24, 2.45) is 7.05 Å². The van der Waals surface area contributed by atoms with Crippen LogP contribution in [0.2, 0.25) is 0 Å². The summed E-state index contributed by atoms with van der Waals surface area (Å²) in [5.74, 6) is -4.61. The third-order valence-electron chi connectivity index (χ3n) is 5.68. The van der Waals surface area contributed by atoms with Crippen molar-refractivity contribution in [2.75, 3.05) is 11.9 Å². The Morgan fingerprint density at radius 1 is 1.08 bits per heavy atom. The van der Waals surface area contributed by atoms with E-state index in [0.717, 1.165) is 5.69 Å². The summed E-state index contributed by atoms with van der Waals surface area (Å²) in [6.45, 7) is 0.251. The first-order valence-electron chi connectivity index (χ1n) is 10.7. The van der Waals surface area contributed by atoms with Crippen molar-refractivity contribution in [1.82, 2.24) is 34.5 Å². The molecule has 0 spiro atoms. The first-order valence-corrected chi connectivity index (χ1v) is 10.7. The van der Waals surface area contributed by atoms with Gasteiger partial charge in [-0.2, -0.15) is 23.3 Å². The van der Waals surface area contributed by atoms with Crippen LogP contribution in [0, 0.1) is 11.6 Å². The SMILES string of the molecule is CN(Cc1nncn1-c1ccccc1)c1ncc2c(-c3cc(C(F)(F)F)c(F)c(O)c3F)nn(C)c2n1. The highest BCUT2D eigenvalue weighted by Gasteiger charge is 2.38. The number of phenolic OH excluding ortho intramolecular Hbond substituents is 1. The number of rotatable bonds is 5. The number of fused-ring (bicyclic) bond motifs is 1. The molecular weight excluding hydrogens is 499 g/mol. The van der Waals surface area contributed by atoms with Gasteiger partial charge in [-0.3, -0.25) is 4.57 Å². The van der Waals surface area contributed by atoms with Gasteiger partial charge in [-0.1, -0.05) is 18.2 Å². The lowest BCUT2D eigenvalue weighted by atomic mass is 10.0. The fourth-order valence-electron chi connectivity index (χ4n) is 3.87. The highest BCUT2D eigenvalue weighted by molar-refractivity contribution is 5.91. The number of nitrogens with zero attached hydrogens (tertiary/aromatic N) is 8. The molecule has 190 valence electrons. The molecule has 5 rings (SSSR count). The van der Waals surface area contributed by atoms with Crippen LogP contribution in [0.5, 0.6) is 5.75 Å². The van der Waals surface area contributed by atoms with Gasteiger partial charge in [0.15, 0.2) is 28.9 Å². The van der Waals surface area contributed by atoms with Crippen molar-refractivity contribution in [3.8, 4) is 22.7 Å². The Morgan fingerprint density at radius 2 is 1.81 bits per heavy atom. The normalized spacial score (nSPS) is 11.9. The van der Waals surface area contributed by atoms with Gasteiger partial charge in [0.2, 0.25) is 5.95 Å². The lowest BCUT2D eigenvalue weighted by Crippen LogP contribution is -2.21. The summed E-state index contributed by atoms with van der Waals surface area (Å²) in [6.07, 6.45) is -2.33. The molecule has 0 aliphatic rings. The van der Waals surface area contributed by atoms with Crippen LogP contribution in [-0.4, -0.2) is 46.7 Å². The number of phenols is 1. The van der Waals surface area contributed by atoms with Crippen molar-refractivity contribution >= 4 is 17.0 Å². The number of alkyl halides is 3. The highest BCUT2D eigenvalue weighted by Crippen LogP contribution is 2.41. The number of halogens is 5. The van der Waals surface area contributed by atoms with Gasteiger partial charge >= 0.3 is 6.18 Å². The van der Waals surface area contributed by atoms with E-state index in [1.54, 1.807) is 22.8 Å². The van der Waals surface area contributed by atoms with E-state index in [9.17, 15) is 27.1 Å². The van der Waals surface area contributed by atoms with Crippen molar-refractivity contribution in [2.45, 2.75) is 12.7 Å². The van der Waals surface area contributed by atoms with E-state index in [1.165, 1.54) is 17.9 Å². The molecule has 5 aromatic rings.